The van der Waals surface area contributed by atoms with E-state index in [4.69, 9.17) is 10.5 Å². The molecule has 1 aromatic carbocycles. The first-order chi connectivity index (χ1) is 16.3. The Morgan fingerprint density at radius 1 is 1.21 bits per heavy atom. The lowest BCUT2D eigenvalue weighted by Crippen LogP contribution is -2.14. The predicted molar refractivity (Wildman–Crippen MR) is 115 cm³/mol. The highest BCUT2D eigenvalue weighted by atomic mass is 19.1. The van der Waals surface area contributed by atoms with Crippen LogP contribution < -0.4 is 10.5 Å². The van der Waals surface area contributed by atoms with E-state index in [1.54, 1.807) is 6.92 Å². The van der Waals surface area contributed by atoms with E-state index in [1.807, 2.05) is 6.07 Å². The SMILES string of the molecule is C[C@H]1Oc2nc(cnc2N)-c2c(nn(C)c2C#N)C(=O)c2cccnc2-c2c(F)cc(F)cc21. The number of nitrogens with two attached hydrogens (primary N) is 1. The van der Waals surface area contributed by atoms with Gasteiger partial charge in [0.05, 0.1) is 28.7 Å². The van der Waals surface area contributed by atoms with Crippen LogP contribution in [0, 0.1) is 23.0 Å². The fraction of sp³-hybridized carbons (Fsp3) is 0.130. The lowest BCUT2D eigenvalue weighted by Gasteiger charge is -2.21. The van der Waals surface area contributed by atoms with Crippen molar-refractivity contribution in [2.24, 2.45) is 7.05 Å². The molecule has 0 unspecified atom stereocenters. The van der Waals surface area contributed by atoms with Gasteiger partial charge in [0.15, 0.2) is 5.82 Å². The topological polar surface area (TPSA) is 133 Å². The van der Waals surface area contributed by atoms with Gasteiger partial charge in [-0.15, -0.1) is 0 Å². The summed E-state index contributed by atoms with van der Waals surface area (Å²) in [5.41, 5.74) is 6.10. The van der Waals surface area contributed by atoms with Crippen LogP contribution in [0.15, 0.2) is 36.7 Å². The fourth-order valence-electron chi connectivity index (χ4n) is 3.95. The Kier molecular flexibility index (Phi) is 4.79. The van der Waals surface area contributed by atoms with Gasteiger partial charge < -0.3 is 10.5 Å². The lowest BCUT2D eigenvalue weighted by atomic mass is 9.93. The van der Waals surface area contributed by atoms with Crippen LogP contribution in [0.2, 0.25) is 0 Å². The van der Waals surface area contributed by atoms with Crippen LogP contribution in [-0.4, -0.2) is 30.5 Å². The van der Waals surface area contributed by atoms with E-state index in [0.29, 0.717) is 6.07 Å². The summed E-state index contributed by atoms with van der Waals surface area (Å²) in [7, 11) is 1.50. The Hall–Kier alpha value is -4.72. The number of ether oxygens (including phenoxy) is 1. The van der Waals surface area contributed by atoms with Gasteiger partial charge in [0.2, 0.25) is 5.78 Å². The van der Waals surface area contributed by atoms with Crippen molar-refractivity contribution in [1.29, 1.82) is 5.26 Å². The zero-order chi connectivity index (χ0) is 24.1. The van der Waals surface area contributed by atoms with E-state index < -0.39 is 23.5 Å². The number of hydrogen-bond acceptors (Lipinski definition) is 8. The molecule has 0 amide bonds. The predicted octanol–water partition coefficient (Wildman–Crippen LogP) is 3.36. The zero-order valence-corrected chi connectivity index (χ0v) is 17.9. The molecule has 0 radical (unpaired) electrons. The number of nitriles is 1. The molecule has 11 heteroatoms. The summed E-state index contributed by atoms with van der Waals surface area (Å²) in [6, 6.07) is 6.79. The molecule has 2 N–H and O–H groups in total. The number of nitrogens with zero attached hydrogens (tertiary/aromatic N) is 6. The number of carbonyl (C=O) groups is 1. The van der Waals surface area contributed by atoms with Crippen molar-refractivity contribution < 1.29 is 18.3 Å². The molecule has 3 aromatic heterocycles. The van der Waals surface area contributed by atoms with E-state index in [0.717, 1.165) is 6.07 Å². The number of nitrogen functional groups attached to an aromatic ring is 1. The number of benzene rings is 1. The summed E-state index contributed by atoms with van der Waals surface area (Å²) in [5, 5.41) is 14.0. The molecule has 0 fully saturated rings. The second-order valence-corrected chi connectivity index (χ2v) is 7.59. The molecule has 9 nitrogen and oxygen atoms in total. The summed E-state index contributed by atoms with van der Waals surface area (Å²) in [6.07, 6.45) is 1.73. The van der Waals surface area contributed by atoms with Gasteiger partial charge >= 0.3 is 0 Å². The molecule has 0 saturated heterocycles. The van der Waals surface area contributed by atoms with Gasteiger partial charge in [-0.2, -0.15) is 10.4 Å². The third-order valence-corrected chi connectivity index (χ3v) is 5.49. The number of rotatable bonds is 0. The molecule has 1 atom stereocenters. The Balaban J connectivity index is 1.92. The smallest absolute Gasteiger partial charge is 0.258 e. The van der Waals surface area contributed by atoms with E-state index in [2.05, 4.69) is 20.1 Å². The van der Waals surface area contributed by atoms with Crippen molar-refractivity contribution in [1.82, 2.24) is 24.7 Å². The summed E-state index contributed by atoms with van der Waals surface area (Å²) >= 11 is 0. The van der Waals surface area contributed by atoms with Crippen LogP contribution in [-0.2, 0) is 7.05 Å². The Morgan fingerprint density at radius 3 is 2.76 bits per heavy atom. The van der Waals surface area contributed by atoms with Gasteiger partial charge in [-0.3, -0.25) is 14.5 Å². The van der Waals surface area contributed by atoms with Crippen molar-refractivity contribution in [3.63, 3.8) is 0 Å². The molecule has 168 valence electrons. The summed E-state index contributed by atoms with van der Waals surface area (Å²) in [5.74, 6) is -2.60. The minimum absolute atomic E-state index is 0.00880. The van der Waals surface area contributed by atoms with Crippen LogP contribution in [0.3, 0.4) is 0 Å². The third-order valence-electron chi connectivity index (χ3n) is 5.49. The van der Waals surface area contributed by atoms with Crippen LogP contribution >= 0.6 is 0 Å². The van der Waals surface area contributed by atoms with E-state index in [1.165, 1.54) is 36.3 Å². The van der Waals surface area contributed by atoms with Crippen molar-refractivity contribution >= 4 is 11.6 Å². The first-order valence-electron chi connectivity index (χ1n) is 10.1. The van der Waals surface area contributed by atoms with Crippen LogP contribution in [0.4, 0.5) is 14.6 Å². The number of pyridine rings is 1. The first kappa shape index (κ1) is 21.1. The highest BCUT2D eigenvalue weighted by Crippen LogP contribution is 2.38. The van der Waals surface area contributed by atoms with Gasteiger partial charge in [0.25, 0.3) is 5.88 Å². The number of aryl methyl sites for hydroxylation is 1. The van der Waals surface area contributed by atoms with E-state index in [-0.39, 0.29) is 56.7 Å². The largest absolute Gasteiger partial charge is 0.467 e. The van der Waals surface area contributed by atoms with Crippen LogP contribution in [0.1, 0.15) is 40.3 Å². The standard InChI is InChI=1S/C23H15F2N7O2/c1-10-13-6-11(24)7-14(25)17(13)19-12(4-3-5-28-19)21(33)20-18(16(8-26)32(2)31-20)15-9-29-22(27)23(30-15)34-10/h3-7,9-10H,1-2H3,(H2,27,29)/t10-/m1/s1. The molecule has 1 aliphatic rings. The number of ketones is 1. The molecule has 4 heterocycles. The molecule has 4 aromatic rings. The van der Waals surface area contributed by atoms with Gasteiger partial charge in [-0.05, 0) is 25.1 Å². The number of aromatic nitrogens is 5. The normalized spacial score (nSPS) is 14.6. The third kappa shape index (κ3) is 3.15. The van der Waals surface area contributed by atoms with Crippen LogP contribution in [0.25, 0.3) is 22.5 Å². The Bertz CT molecular complexity index is 1540. The van der Waals surface area contributed by atoms with Gasteiger partial charge in [0.1, 0.15) is 35.2 Å². The molecule has 34 heavy (non-hydrogen) atoms. The summed E-state index contributed by atoms with van der Waals surface area (Å²) in [6.45, 7) is 1.55. The van der Waals surface area contributed by atoms with Crippen molar-refractivity contribution in [2.45, 2.75) is 13.0 Å². The number of hydrogen-bond donors (Lipinski definition) is 1. The average Bonchev–Trinajstić information content (AvgIpc) is 3.15. The maximum Gasteiger partial charge on any atom is 0.258 e. The highest BCUT2D eigenvalue weighted by Gasteiger charge is 2.31. The molecule has 0 aliphatic carbocycles. The lowest BCUT2D eigenvalue weighted by molar-refractivity contribution is 0.103. The second-order valence-electron chi connectivity index (χ2n) is 7.59. The average molecular weight is 459 g/mol. The summed E-state index contributed by atoms with van der Waals surface area (Å²) < 4.78 is 36.5. The van der Waals surface area contributed by atoms with Crippen molar-refractivity contribution in [3.8, 4) is 34.5 Å². The monoisotopic (exact) mass is 459 g/mol. The molecule has 2 bridgehead atoms. The molecular weight excluding hydrogens is 444 g/mol. The zero-order valence-electron chi connectivity index (χ0n) is 17.9. The summed E-state index contributed by atoms with van der Waals surface area (Å²) in [4.78, 5) is 26.4. The minimum Gasteiger partial charge on any atom is -0.467 e. The van der Waals surface area contributed by atoms with Crippen LogP contribution in [0.5, 0.6) is 5.88 Å². The Morgan fingerprint density at radius 2 is 2.00 bits per heavy atom. The first-order valence-corrected chi connectivity index (χ1v) is 10.1. The van der Waals surface area contributed by atoms with Crippen molar-refractivity contribution in [3.05, 3.63) is 70.8 Å². The molecule has 0 spiro atoms. The van der Waals surface area contributed by atoms with Gasteiger partial charge in [0, 0.05) is 30.4 Å². The second kappa shape index (κ2) is 7.70. The van der Waals surface area contributed by atoms with Gasteiger partial charge in [-0.1, -0.05) is 0 Å². The van der Waals surface area contributed by atoms with Crippen molar-refractivity contribution in [2.75, 3.05) is 5.73 Å². The molecular formula is C23H15F2N7O2. The molecule has 0 saturated carbocycles. The minimum atomic E-state index is -0.958. The number of halogens is 2. The number of fused-ring (bicyclic) bond motifs is 7. The fourth-order valence-corrected chi connectivity index (χ4v) is 3.95. The quantitative estimate of drug-likeness (QED) is 0.423. The van der Waals surface area contributed by atoms with E-state index in [9.17, 15) is 14.4 Å². The van der Waals surface area contributed by atoms with Gasteiger partial charge in [-0.25, -0.2) is 18.7 Å². The molecule has 5 rings (SSSR count). The number of anilines is 1. The van der Waals surface area contributed by atoms with E-state index >= 15 is 4.39 Å². The maximum atomic E-state index is 15.2. The Labute approximate surface area is 191 Å². The number of carbonyl (C=O) groups excluding carboxylic acids is 1. The molecule has 1 aliphatic heterocycles. The maximum absolute atomic E-state index is 15.2. The highest BCUT2D eigenvalue weighted by molar-refractivity contribution is 6.14.